The number of amides is 1. The SMILES string of the molecule is CN(C)C1(CNC(=O)OC(C)(C)C)CCOCC1. The van der Waals surface area contributed by atoms with Crippen molar-refractivity contribution in [1.29, 1.82) is 0 Å². The van der Waals surface area contributed by atoms with Gasteiger partial charge in [0, 0.05) is 25.3 Å². The van der Waals surface area contributed by atoms with Crippen molar-refractivity contribution in [3.05, 3.63) is 0 Å². The number of nitrogens with zero attached hydrogens (tertiary/aromatic N) is 1. The van der Waals surface area contributed by atoms with Gasteiger partial charge in [0.25, 0.3) is 0 Å². The van der Waals surface area contributed by atoms with Crippen molar-refractivity contribution in [1.82, 2.24) is 10.2 Å². The van der Waals surface area contributed by atoms with Gasteiger partial charge in [-0.25, -0.2) is 4.79 Å². The standard InChI is InChI=1S/C13H26N2O3/c1-12(2,3)18-11(16)14-10-13(15(4)5)6-8-17-9-7-13/h6-10H2,1-5H3,(H,14,16). The zero-order chi connectivity index (χ0) is 13.8. The van der Waals surface area contributed by atoms with Crippen LogP contribution in [0.1, 0.15) is 33.6 Å². The molecule has 0 aromatic rings. The Morgan fingerprint density at radius 3 is 2.33 bits per heavy atom. The summed E-state index contributed by atoms with van der Waals surface area (Å²) >= 11 is 0. The molecule has 1 heterocycles. The smallest absolute Gasteiger partial charge is 0.407 e. The molecule has 0 atom stereocenters. The third-order valence-corrected chi connectivity index (χ3v) is 3.33. The molecule has 1 fully saturated rings. The summed E-state index contributed by atoms with van der Waals surface area (Å²) in [4.78, 5) is 13.9. The first-order valence-corrected chi connectivity index (χ1v) is 6.47. The predicted molar refractivity (Wildman–Crippen MR) is 70.7 cm³/mol. The van der Waals surface area contributed by atoms with Crippen LogP contribution in [0.2, 0.25) is 0 Å². The number of hydrogen-bond donors (Lipinski definition) is 1. The molecule has 18 heavy (non-hydrogen) atoms. The van der Waals surface area contributed by atoms with Crippen molar-refractivity contribution < 1.29 is 14.3 Å². The minimum absolute atomic E-state index is 0.0187. The number of rotatable bonds is 3. The van der Waals surface area contributed by atoms with E-state index in [4.69, 9.17) is 9.47 Å². The lowest BCUT2D eigenvalue weighted by molar-refractivity contribution is -0.00976. The average molecular weight is 258 g/mol. The lowest BCUT2D eigenvalue weighted by atomic mass is 9.88. The molecule has 1 rings (SSSR count). The van der Waals surface area contributed by atoms with Gasteiger partial charge in [-0.15, -0.1) is 0 Å². The maximum absolute atomic E-state index is 11.7. The van der Waals surface area contributed by atoms with E-state index in [1.165, 1.54) is 0 Å². The Hall–Kier alpha value is -0.810. The molecule has 1 saturated heterocycles. The van der Waals surface area contributed by atoms with Crippen molar-refractivity contribution in [2.75, 3.05) is 33.9 Å². The first-order valence-electron chi connectivity index (χ1n) is 6.47. The summed E-state index contributed by atoms with van der Waals surface area (Å²) in [5.41, 5.74) is -0.472. The fraction of sp³-hybridized carbons (Fsp3) is 0.923. The zero-order valence-corrected chi connectivity index (χ0v) is 12.2. The Morgan fingerprint density at radius 2 is 1.89 bits per heavy atom. The largest absolute Gasteiger partial charge is 0.444 e. The molecule has 0 spiro atoms. The summed E-state index contributed by atoms with van der Waals surface area (Å²) in [5.74, 6) is 0. The average Bonchev–Trinajstić information content (AvgIpc) is 2.25. The van der Waals surface area contributed by atoms with E-state index in [2.05, 4.69) is 10.2 Å². The Balaban J connectivity index is 2.50. The highest BCUT2D eigenvalue weighted by Crippen LogP contribution is 2.25. The van der Waals surface area contributed by atoms with Crippen molar-refractivity contribution in [2.45, 2.75) is 44.8 Å². The highest BCUT2D eigenvalue weighted by atomic mass is 16.6. The first-order chi connectivity index (χ1) is 8.25. The summed E-state index contributed by atoms with van der Waals surface area (Å²) in [6.45, 7) is 7.68. The van der Waals surface area contributed by atoms with Gasteiger partial charge in [-0.2, -0.15) is 0 Å². The van der Waals surface area contributed by atoms with Crippen LogP contribution in [-0.4, -0.2) is 56.0 Å². The van der Waals surface area contributed by atoms with Gasteiger partial charge in [-0.05, 0) is 47.7 Å². The maximum atomic E-state index is 11.7. The molecule has 1 aliphatic rings. The van der Waals surface area contributed by atoms with Crippen LogP contribution in [0.4, 0.5) is 4.79 Å². The normalized spacial score (nSPS) is 19.7. The number of hydrogen-bond acceptors (Lipinski definition) is 4. The summed E-state index contributed by atoms with van der Waals surface area (Å²) in [6.07, 6.45) is 1.50. The van der Waals surface area contributed by atoms with Gasteiger partial charge >= 0.3 is 6.09 Å². The third kappa shape index (κ3) is 4.46. The van der Waals surface area contributed by atoms with Gasteiger partial charge in [0.2, 0.25) is 0 Å². The number of ether oxygens (including phenoxy) is 2. The molecule has 0 aromatic carbocycles. The van der Waals surface area contributed by atoms with Gasteiger partial charge in [-0.3, -0.25) is 0 Å². The minimum Gasteiger partial charge on any atom is -0.444 e. The second kappa shape index (κ2) is 5.89. The van der Waals surface area contributed by atoms with Crippen molar-refractivity contribution in [3.8, 4) is 0 Å². The van der Waals surface area contributed by atoms with E-state index in [1.54, 1.807) is 0 Å². The van der Waals surface area contributed by atoms with Gasteiger partial charge in [0.15, 0.2) is 0 Å². The molecule has 0 saturated carbocycles. The molecular formula is C13H26N2O3. The van der Waals surface area contributed by atoms with E-state index in [9.17, 15) is 4.79 Å². The van der Waals surface area contributed by atoms with Crippen LogP contribution in [0.5, 0.6) is 0 Å². The maximum Gasteiger partial charge on any atom is 0.407 e. The number of likely N-dealkylation sites (N-methyl/N-ethyl adjacent to an activating group) is 1. The molecular weight excluding hydrogens is 232 g/mol. The number of carbonyl (C=O) groups is 1. The van der Waals surface area contributed by atoms with Gasteiger partial charge in [-0.1, -0.05) is 0 Å². The Morgan fingerprint density at radius 1 is 1.33 bits per heavy atom. The summed E-state index contributed by atoms with van der Waals surface area (Å²) in [7, 11) is 4.09. The van der Waals surface area contributed by atoms with Gasteiger partial charge < -0.3 is 19.7 Å². The third-order valence-electron chi connectivity index (χ3n) is 3.33. The molecule has 1 aliphatic heterocycles. The van der Waals surface area contributed by atoms with E-state index in [-0.39, 0.29) is 11.6 Å². The van der Waals surface area contributed by atoms with Crippen LogP contribution < -0.4 is 5.32 Å². The van der Waals surface area contributed by atoms with E-state index in [0.717, 1.165) is 26.1 Å². The monoisotopic (exact) mass is 258 g/mol. The number of alkyl carbamates (subject to hydrolysis) is 1. The summed E-state index contributed by atoms with van der Waals surface area (Å²) in [5, 5.41) is 2.87. The van der Waals surface area contributed by atoms with Crippen LogP contribution in [-0.2, 0) is 9.47 Å². The molecule has 0 radical (unpaired) electrons. The lowest BCUT2D eigenvalue weighted by Crippen LogP contribution is -2.56. The van der Waals surface area contributed by atoms with Crippen molar-refractivity contribution in [2.24, 2.45) is 0 Å². The lowest BCUT2D eigenvalue weighted by Gasteiger charge is -2.42. The highest BCUT2D eigenvalue weighted by Gasteiger charge is 2.35. The molecule has 0 aromatic heterocycles. The van der Waals surface area contributed by atoms with Crippen LogP contribution in [0.15, 0.2) is 0 Å². The Labute approximate surface area is 110 Å². The van der Waals surface area contributed by atoms with Crippen LogP contribution in [0.3, 0.4) is 0 Å². The molecule has 1 N–H and O–H groups in total. The fourth-order valence-electron chi connectivity index (χ4n) is 2.08. The fourth-order valence-corrected chi connectivity index (χ4v) is 2.08. The molecule has 5 heteroatoms. The Bertz CT molecular complexity index is 278. The quantitative estimate of drug-likeness (QED) is 0.836. The van der Waals surface area contributed by atoms with Crippen LogP contribution in [0.25, 0.3) is 0 Å². The van der Waals surface area contributed by atoms with Crippen molar-refractivity contribution in [3.63, 3.8) is 0 Å². The first kappa shape index (κ1) is 15.2. The van der Waals surface area contributed by atoms with E-state index in [1.807, 2.05) is 34.9 Å². The number of carbonyl (C=O) groups excluding carboxylic acids is 1. The summed E-state index contributed by atoms with van der Waals surface area (Å²) < 4.78 is 10.6. The van der Waals surface area contributed by atoms with Crippen molar-refractivity contribution >= 4 is 6.09 Å². The topological polar surface area (TPSA) is 50.8 Å². The molecule has 1 amide bonds. The van der Waals surface area contributed by atoms with Crippen LogP contribution in [0, 0.1) is 0 Å². The van der Waals surface area contributed by atoms with E-state index < -0.39 is 5.60 Å². The predicted octanol–water partition coefficient (Wildman–Crippen LogP) is 1.62. The molecule has 106 valence electrons. The van der Waals surface area contributed by atoms with E-state index in [0.29, 0.717) is 6.54 Å². The highest BCUT2D eigenvalue weighted by molar-refractivity contribution is 5.67. The van der Waals surface area contributed by atoms with Gasteiger partial charge in [0.05, 0.1) is 0 Å². The van der Waals surface area contributed by atoms with Crippen LogP contribution >= 0.6 is 0 Å². The number of nitrogens with one attached hydrogen (secondary N) is 1. The zero-order valence-electron chi connectivity index (χ0n) is 12.2. The van der Waals surface area contributed by atoms with E-state index >= 15 is 0 Å². The van der Waals surface area contributed by atoms with Gasteiger partial charge in [0.1, 0.15) is 5.60 Å². The molecule has 0 aliphatic carbocycles. The Kier molecular flexibility index (Phi) is 4.99. The second-order valence-electron chi connectivity index (χ2n) is 6.09. The molecule has 5 nitrogen and oxygen atoms in total. The molecule has 0 bridgehead atoms. The second-order valence-corrected chi connectivity index (χ2v) is 6.09. The summed E-state index contributed by atoms with van der Waals surface area (Å²) in [6, 6.07) is 0. The minimum atomic E-state index is -0.453. The molecule has 0 unspecified atom stereocenters.